The minimum Gasteiger partial charge on any atom is -0.343 e. The molecule has 0 unspecified atom stereocenters. The fraction of sp³-hybridized carbons (Fsp3) is 0.800. The summed E-state index contributed by atoms with van der Waals surface area (Å²) in [5, 5.41) is 18.5. The molecule has 2 saturated heterocycles. The molecular weight excluding hydrogens is 190 g/mol. The molecule has 84 valence electrons. The highest BCUT2D eigenvalue weighted by atomic mass is 15.4. The number of hydrogen-bond donors (Lipinski definition) is 3. The van der Waals surface area contributed by atoms with Gasteiger partial charge in [0, 0.05) is 26.2 Å². The monoisotopic (exact) mass is 209 g/mol. The lowest BCUT2D eigenvalue weighted by Gasteiger charge is -2.24. The Labute approximate surface area is 90.5 Å². The van der Waals surface area contributed by atoms with Crippen molar-refractivity contribution in [3.63, 3.8) is 0 Å². The summed E-state index contributed by atoms with van der Waals surface area (Å²) in [6, 6.07) is 0. The summed E-state index contributed by atoms with van der Waals surface area (Å²) in [5.74, 6) is 0.786. The Morgan fingerprint density at radius 3 is 1.40 bits per heavy atom. The van der Waals surface area contributed by atoms with Crippen molar-refractivity contribution in [3.05, 3.63) is 0 Å². The largest absolute Gasteiger partial charge is 0.343 e. The lowest BCUT2D eigenvalue weighted by Crippen LogP contribution is -2.47. The zero-order valence-corrected chi connectivity index (χ0v) is 9.05. The molecule has 0 aliphatic carbocycles. The summed E-state index contributed by atoms with van der Waals surface area (Å²) >= 11 is 0. The number of guanidine groups is 2. The van der Waals surface area contributed by atoms with Crippen molar-refractivity contribution in [2.75, 3.05) is 26.2 Å². The van der Waals surface area contributed by atoms with E-state index in [1.54, 1.807) is 0 Å². The lowest BCUT2D eigenvalue weighted by atomic mass is 10.4. The molecular formula is C10H19N5. The van der Waals surface area contributed by atoms with Crippen LogP contribution in [0.15, 0.2) is 0 Å². The second kappa shape index (κ2) is 4.51. The van der Waals surface area contributed by atoms with Gasteiger partial charge in [0.25, 0.3) is 0 Å². The van der Waals surface area contributed by atoms with Crippen molar-refractivity contribution in [1.29, 1.82) is 10.8 Å². The molecule has 2 fully saturated rings. The van der Waals surface area contributed by atoms with Gasteiger partial charge in [0.1, 0.15) is 0 Å². The van der Waals surface area contributed by atoms with Gasteiger partial charge in [0.15, 0.2) is 11.9 Å². The van der Waals surface area contributed by atoms with Crippen LogP contribution in [0.25, 0.3) is 0 Å². The predicted molar refractivity (Wildman–Crippen MR) is 60.2 cm³/mol. The van der Waals surface area contributed by atoms with Crippen LogP contribution in [0.3, 0.4) is 0 Å². The minimum atomic E-state index is 0.393. The lowest BCUT2D eigenvalue weighted by molar-refractivity contribution is 0.476. The minimum absolute atomic E-state index is 0.393. The Kier molecular flexibility index (Phi) is 3.08. The van der Waals surface area contributed by atoms with Gasteiger partial charge in [0.05, 0.1) is 0 Å². The van der Waals surface area contributed by atoms with E-state index in [2.05, 4.69) is 5.32 Å². The Morgan fingerprint density at radius 1 is 0.733 bits per heavy atom. The summed E-state index contributed by atoms with van der Waals surface area (Å²) in [7, 11) is 0. The average molecular weight is 209 g/mol. The van der Waals surface area contributed by atoms with Crippen molar-refractivity contribution < 1.29 is 0 Å². The summed E-state index contributed by atoms with van der Waals surface area (Å²) in [5.41, 5.74) is 0. The van der Waals surface area contributed by atoms with Crippen molar-refractivity contribution in [3.8, 4) is 0 Å². The first-order chi connectivity index (χ1) is 7.27. The smallest absolute Gasteiger partial charge is 0.197 e. The first-order valence-corrected chi connectivity index (χ1v) is 5.71. The predicted octanol–water partition coefficient (Wildman–Crippen LogP) is 0.637. The molecule has 0 amide bonds. The number of likely N-dealkylation sites (tertiary alicyclic amines) is 2. The first kappa shape index (κ1) is 10.3. The van der Waals surface area contributed by atoms with E-state index in [-0.39, 0.29) is 0 Å². The van der Waals surface area contributed by atoms with E-state index in [0.29, 0.717) is 11.9 Å². The van der Waals surface area contributed by atoms with Crippen LogP contribution in [-0.2, 0) is 0 Å². The van der Waals surface area contributed by atoms with E-state index in [9.17, 15) is 0 Å². The maximum Gasteiger partial charge on any atom is 0.197 e. The van der Waals surface area contributed by atoms with Crippen LogP contribution in [0, 0.1) is 10.8 Å². The molecule has 3 N–H and O–H groups in total. The summed E-state index contributed by atoms with van der Waals surface area (Å²) < 4.78 is 0. The highest BCUT2D eigenvalue weighted by Gasteiger charge is 2.19. The van der Waals surface area contributed by atoms with Gasteiger partial charge in [-0.15, -0.1) is 0 Å². The van der Waals surface area contributed by atoms with E-state index in [1.165, 1.54) is 25.7 Å². The summed E-state index contributed by atoms with van der Waals surface area (Å²) in [6.45, 7) is 3.83. The summed E-state index contributed by atoms with van der Waals surface area (Å²) in [4.78, 5) is 4.01. The SMILES string of the molecule is N=C(NC(=N)N1CCCC1)N1CCCC1. The Hall–Kier alpha value is -1.26. The highest BCUT2D eigenvalue weighted by molar-refractivity contribution is 5.95. The molecule has 2 aliphatic heterocycles. The van der Waals surface area contributed by atoms with Gasteiger partial charge in [-0.1, -0.05) is 0 Å². The molecule has 0 aromatic carbocycles. The van der Waals surface area contributed by atoms with Crippen LogP contribution in [0.2, 0.25) is 0 Å². The molecule has 0 saturated carbocycles. The van der Waals surface area contributed by atoms with Crippen LogP contribution >= 0.6 is 0 Å². The van der Waals surface area contributed by atoms with Crippen molar-refractivity contribution in [2.24, 2.45) is 0 Å². The molecule has 0 bridgehead atoms. The van der Waals surface area contributed by atoms with Gasteiger partial charge in [-0.3, -0.25) is 16.1 Å². The molecule has 15 heavy (non-hydrogen) atoms. The van der Waals surface area contributed by atoms with Gasteiger partial charge in [0.2, 0.25) is 0 Å². The summed E-state index contributed by atoms with van der Waals surface area (Å²) in [6.07, 6.45) is 4.67. The molecule has 5 nitrogen and oxygen atoms in total. The van der Waals surface area contributed by atoms with E-state index in [0.717, 1.165) is 26.2 Å². The topological polar surface area (TPSA) is 66.2 Å². The molecule has 0 aromatic heterocycles. The Bertz CT molecular complexity index is 225. The van der Waals surface area contributed by atoms with Gasteiger partial charge in [-0.05, 0) is 25.7 Å². The second-order valence-corrected chi connectivity index (χ2v) is 4.21. The molecule has 2 rings (SSSR count). The molecule has 5 heteroatoms. The van der Waals surface area contributed by atoms with Gasteiger partial charge in [-0.25, -0.2) is 0 Å². The number of hydrogen-bond acceptors (Lipinski definition) is 2. The van der Waals surface area contributed by atoms with Crippen molar-refractivity contribution >= 4 is 11.9 Å². The van der Waals surface area contributed by atoms with E-state index < -0.39 is 0 Å². The zero-order chi connectivity index (χ0) is 10.7. The van der Waals surface area contributed by atoms with Gasteiger partial charge >= 0.3 is 0 Å². The van der Waals surface area contributed by atoms with Crippen LogP contribution in [-0.4, -0.2) is 47.9 Å². The Morgan fingerprint density at radius 2 is 1.07 bits per heavy atom. The van der Waals surface area contributed by atoms with Crippen LogP contribution < -0.4 is 5.32 Å². The van der Waals surface area contributed by atoms with Crippen molar-refractivity contribution in [1.82, 2.24) is 15.1 Å². The third kappa shape index (κ3) is 2.40. The molecule has 0 radical (unpaired) electrons. The van der Waals surface area contributed by atoms with E-state index in [4.69, 9.17) is 10.8 Å². The van der Waals surface area contributed by atoms with E-state index >= 15 is 0 Å². The fourth-order valence-electron chi connectivity index (χ4n) is 2.15. The Balaban J connectivity index is 1.79. The first-order valence-electron chi connectivity index (χ1n) is 5.71. The van der Waals surface area contributed by atoms with Crippen molar-refractivity contribution in [2.45, 2.75) is 25.7 Å². The van der Waals surface area contributed by atoms with Crippen LogP contribution in [0.4, 0.5) is 0 Å². The normalized spacial score (nSPS) is 20.8. The molecule has 2 aliphatic rings. The van der Waals surface area contributed by atoms with E-state index in [1.807, 2.05) is 9.80 Å². The highest BCUT2D eigenvalue weighted by Crippen LogP contribution is 2.08. The van der Waals surface area contributed by atoms with Crippen LogP contribution in [0.1, 0.15) is 25.7 Å². The molecule has 0 atom stereocenters. The maximum atomic E-state index is 7.83. The number of nitrogens with one attached hydrogen (secondary N) is 3. The quantitative estimate of drug-likeness (QED) is 0.405. The number of rotatable bonds is 0. The second-order valence-electron chi connectivity index (χ2n) is 4.21. The third-order valence-electron chi connectivity index (χ3n) is 3.08. The molecule has 2 heterocycles. The standard InChI is InChI=1S/C10H19N5/c11-9(14-5-1-2-6-14)13-10(12)15-7-3-4-8-15/h1-8H2,(H3,11,12,13). The number of nitrogens with zero attached hydrogens (tertiary/aromatic N) is 2. The molecule has 0 spiro atoms. The fourth-order valence-corrected chi connectivity index (χ4v) is 2.15. The van der Waals surface area contributed by atoms with Crippen LogP contribution in [0.5, 0.6) is 0 Å². The van der Waals surface area contributed by atoms with Gasteiger partial charge in [-0.2, -0.15) is 0 Å². The third-order valence-corrected chi connectivity index (χ3v) is 3.08. The zero-order valence-electron chi connectivity index (χ0n) is 9.05. The molecule has 0 aromatic rings. The van der Waals surface area contributed by atoms with Gasteiger partial charge < -0.3 is 9.80 Å². The average Bonchev–Trinajstić information content (AvgIpc) is 2.91. The maximum absolute atomic E-state index is 7.83.